The Morgan fingerprint density at radius 3 is 2.62 bits per heavy atom. The third kappa shape index (κ3) is 2.47. The van der Waals surface area contributed by atoms with E-state index in [4.69, 9.17) is 0 Å². The van der Waals surface area contributed by atoms with Crippen molar-refractivity contribution in [2.75, 3.05) is 0 Å². The second-order valence-electron chi connectivity index (χ2n) is 5.69. The van der Waals surface area contributed by atoms with Gasteiger partial charge in [-0.1, -0.05) is 72.8 Å². The summed E-state index contributed by atoms with van der Waals surface area (Å²) in [6.45, 7) is 0. The van der Waals surface area contributed by atoms with Gasteiger partial charge in [-0.2, -0.15) is 0 Å². The third-order valence-corrected chi connectivity index (χ3v) is 4.23. The highest BCUT2D eigenvalue weighted by atomic mass is 14.8. The Labute approximate surface area is 125 Å². The van der Waals surface area contributed by atoms with Gasteiger partial charge in [0.15, 0.2) is 0 Å². The zero-order valence-electron chi connectivity index (χ0n) is 11.8. The van der Waals surface area contributed by atoms with Crippen LogP contribution in [-0.4, -0.2) is 5.71 Å². The lowest BCUT2D eigenvalue weighted by atomic mass is 9.97. The molecule has 1 heterocycles. The highest BCUT2D eigenvalue weighted by Crippen LogP contribution is 2.45. The van der Waals surface area contributed by atoms with Crippen LogP contribution in [0.15, 0.2) is 71.9 Å². The fraction of sp³-hybridized carbons (Fsp3) is 0.150. The van der Waals surface area contributed by atoms with E-state index in [2.05, 4.69) is 71.8 Å². The average Bonchev–Trinajstić information content (AvgIpc) is 3.34. The molecule has 2 atom stereocenters. The van der Waals surface area contributed by atoms with Crippen molar-refractivity contribution in [1.82, 2.24) is 0 Å². The largest absolute Gasteiger partial charge is 0.261 e. The fourth-order valence-electron chi connectivity index (χ4n) is 2.97. The van der Waals surface area contributed by atoms with Gasteiger partial charge in [-0.15, -0.1) is 0 Å². The second-order valence-corrected chi connectivity index (χ2v) is 5.69. The summed E-state index contributed by atoms with van der Waals surface area (Å²) in [7, 11) is 0. The maximum Gasteiger partial charge on any atom is 0.0518 e. The summed E-state index contributed by atoms with van der Waals surface area (Å²) < 4.78 is 0. The smallest absolute Gasteiger partial charge is 0.0518 e. The molecule has 2 aliphatic rings. The van der Waals surface area contributed by atoms with Crippen molar-refractivity contribution in [3.63, 3.8) is 0 Å². The van der Waals surface area contributed by atoms with E-state index >= 15 is 0 Å². The number of hydrogen-bond acceptors (Lipinski definition) is 1. The summed E-state index contributed by atoms with van der Waals surface area (Å²) >= 11 is 0. The molecular formula is C20H17N. The van der Waals surface area contributed by atoms with Gasteiger partial charge in [-0.25, -0.2) is 0 Å². The van der Waals surface area contributed by atoms with Crippen molar-refractivity contribution < 1.29 is 0 Å². The van der Waals surface area contributed by atoms with Crippen LogP contribution in [0.3, 0.4) is 0 Å². The van der Waals surface area contributed by atoms with Gasteiger partial charge < -0.3 is 0 Å². The zero-order chi connectivity index (χ0) is 14.1. The van der Waals surface area contributed by atoms with E-state index < -0.39 is 0 Å². The minimum absolute atomic E-state index is 0.640. The highest BCUT2D eigenvalue weighted by Gasteiger charge is 2.41. The standard InChI is InChI=1S/C20H17N/c1-2-6-15(7-3-1)10-11-16-8-4-5-9-18(16)20-19-14-17(19)12-13-21-20/h1-13,17,19H,14H2/b11-10+. The molecule has 2 unspecified atom stereocenters. The lowest BCUT2D eigenvalue weighted by Gasteiger charge is -2.11. The molecule has 2 aromatic rings. The molecule has 0 N–H and O–H groups in total. The van der Waals surface area contributed by atoms with E-state index in [0.717, 1.165) is 5.92 Å². The molecule has 0 spiro atoms. The van der Waals surface area contributed by atoms with Crippen molar-refractivity contribution >= 4 is 17.9 Å². The SMILES string of the molecule is C1=CC2CC2C(c2ccccc2/C=C/c2ccccc2)=N1. The van der Waals surface area contributed by atoms with Gasteiger partial charge in [0.2, 0.25) is 0 Å². The molecule has 0 bridgehead atoms. The molecule has 1 saturated carbocycles. The molecule has 0 saturated heterocycles. The van der Waals surface area contributed by atoms with E-state index in [-0.39, 0.29) is 0 Å². The highest BCUT2D eigenvalue weighted by molar-refractivity contribution is 6.07. The Hall–Kier alpha value is -2.41. The van der Waals surface area contributed by atoms with E-state index in [1.807, 2.05) is 12.3 Å². The maximum absolute atomic E-state index is 4.64. The van der Waals surface area contributed by atoms with Gasteiger partial charge in [0.05, 0.1) is 5.71 Å². The second kappa shape index (κ2) is 5.17. The van der Waals surface area contributed by atoms with Crippen LogP contribution in [0.25, 0.3) is 12.2 Å². The lowest BCUT2D eigenvalue weighted by molar-refractivity contribution is 1.00. The Morgan fingerprint density at radius 2 is 1.71 bits per heavy atom. The summed E-state index contributed by atoms with van der Waals surface area (Å²) in [6.07, 6.45) is 9.83. The first kappa shape index (κ1) is 12.3. The van der Waals surface area contributed by atoms with Crippen LogP contribution in [0.4, 0.5) is 0 Å². The third-order valence-electron chi connectivity index (χ3n) is 4.23. The normalized spacial score (nSPS) is 23.0. The first-order chi connectivity index (χ1) is 10.4. The summed E-state index contributed by atoms with van der Waals surface area (Å²) in [5, 5.41) is 0. The lowest BCUT2D eigenvalue weighted by Crippen LogP contribution is -2.08. The number of nitrogens with zero attached hydrogens (tertiary/aromatic N) is 1. The number of hydrogen-bond donors (Lipinski definition) is 0. The minimum atomic E-state index is 0.640. The molecule has 1 fully saturated rings. The minimum Gasteiger partial charge on any atom is -0.261 e. The van der Waals surface area contributed by atoms with Crippen LogP contribution < -0.4 is 0 Å². The van der Waals surface area contributed by atoms with Crippen LogP contribution in [0, 0.1) is 11.8 Å². The zero-order valence-corrected chi connectivity index (χ0v) is 11.8. The molecule has 0 radical (unpaired) electrons. The molecule has 4 rings (SSSR count). The Kier molecular flexibility index (Phi) is 3.04. The number of rotatable bonds is 3. The molecule has 1 heteroatoms. The average molecular weight is 271 g/mol. The summed E-state index contributed by atoms with van der Waals surface area (Å²) in [5.41, 5.74) is 5.01. The molecular weight excluding hydrogens is 254 g/mol. The Morgan fingerprint density at radius 1 is 0.905 bits per heavy atom. The van der Waals surface area contributed by atoms with Crippen molar-refractivity contribution in [2.24, 2.45) is 16.8 Å². The predicted octanol–water partition coefficient (Wildman–Crippen LogP) is 4.81. The molecule has 21 heavy (non-hydrogen) atoms. The van der Waals surface area contributed by atoms with Gasteiger partial charge in [0.1, 0.15) is 0 Å². The summed E-state index contributed by atoms with van der Waals surface area (Å²) in [5.74, 6) is 1.37. The van der Waals surface area contributed by atoms with Crippen LogP contribution >= 0.6 is 0 Å². The number of allylic oxidation sites excluding steroid dienone is 1. The van der Waals surface area contributed by atoms with E-state index in [1.165, 1.54) is 28.8 Å². The van der Waals surface area contributed by atoms with Crippen molar-refractivity contribution in [3.8, 4) is 0 Å². The molecule has 0 aromatic heterocycles. The predicted molar refractivity (Wildman–Crippen MR) is 89.1 cm³/mol. The Bertz CT molecular complexity index is 737. The van der Waals surface area contributed by atoms with Gasteiger partial charge in [0, 0.05) is 17.7 Å². The van der Waals surface area contributed by atoms with Gasteiger partial charge >= 0.3 is 0 Å². The molecule has 1 aliphatic heterocycles. The summed E-state index contributed by atoms with van der Waals surface area (Å²) in [4.78, 5) is 4.64. The molecule has 1 nitrogen and oxygen atoms in total. The number of benzene rings is 2. The van der Waals surface area contributed by atoms with E-state index in [0.29, 0.717) is 5.92 Å². The van der Waals surface area contributed by atoms with E-state index in [9.17, 15) is 0 Å². The number of fused-ring (bicyclic) bond motifs is 1. The van der Waals surface area contributed by atoms with Crippen molar-refractivity contribution in [1.29, 1.82) is 0 Å². The van der Waals surface area contributed by atoms with Gasteiger partial charge in [-0.05, 0) is 23.5 Å². The van der Waals surface area contributed by atoms with Gasteiger partial charge in [-0.3, -0.25) is 4.99 Å². The molecule has 102 valence electrons. The quantitative estimate of drug-likeness (QED) is 0.710. The molecule has 2 aromatic carbocycles. The van der Waals surface area contributed by atoms with Crippen LogP contribution in [-0.2, 0) is 0 Å². The summed E-state index contributed by atoms with van der Waals surface area (Å²) in [6, 6.07) is 19.0. The van der Waals surface area contributed by atoms with Crippen molar-refractivity contribution in [2.45, 2.75) is 6.42 Å². The topological polar surface area (TPSA) is 12.4 Å². The van der Waals surface area contributed by atoms with Crippen LogP contribution in [0.1, 0.15) is 23.1 Å². The van der Waals surface area contributed by atoms with Crippen molar-refractivity contribution in [3.05, 3.63) is 83.6 Å². The van der Waals surface area contributed by atoms with E-state index in [1.54, 1.807) is 0 Å². The van der Waals surface area contributed by atoms with Crippen LogP contribution in [0.5, 0.6) is 0 Å². The first-order valence-electron chi connectivity index (χ1n) is 7.49. The van der Waals surface area contributed by atoms with Gasteiger partial charge in [0.25, 0.3) is 0 Å². The van der Waals surface area contributed by atoms with Crippen LogP contribution in [0.2, 0.25) is 0 Å². The Balaban J connectivity index is 1.69. The first-order valence-corrected chi connectivity index (χ1v) is 7.49. The maximum atomic E-state index is 4.64. The molecule has 1 aliphatic carbocycles. The monoisotopic (exact) mass is 271 g/mol. The fourth-order valence-corrected chi connectivity index (χ4v) is 2.97. The number of aliphatic imine (C=N–C) groups is 1. The molecule has 0 amide bonds.